The Morgan fingerprint density at radius 1 is 1.17 bits per heavy atom. The molecular weight excluding hydrogens is 396 g/mol. The second-order valence-corrected chi connectivity index (χ2v) is 5.92. The molecule has 1 unspecified atom stereocenters. The molecule has 2 amide bonds. The highest BCUT2D eigenvalue weighted by Crippen LogP contribution is 2.32. The van der Waals surface area contributed by atoms with Crippen LogP contribution in [-0.2, 0) is 11.3 Å². The van der Waals surface area contributed by atoms with E-state index in [1.807, 2.05) is 5.32 Å². The summed E-state index contributed by atoms with van der Waals surface area (Å²) in [4.78, 5) is 24.1. The van der Waals surface area contributed by atoms with Crippen LogP contribution in [0.3, 0.4) is 0 Å². The van der Waals surface area contributed by atoms with Crippen LogP contribution < -0.4 is 10.6 Å². The van der Waals surface area contributed by atoms with Gasteiger partial charge in [-0.25, -0.2) is 4.39 Å². The first-order valence-corrected chi connectivity index (χ1v) is 8.22. The molecular formula is C18H14F4N4O3. The van der Waals surface area contributed by atoms with E-state index in [0.29, 0.717) is 0 Å². The fourth-order valence-corrected chi connectivity index (χ4v) is 2.48. The van der Waals surface area contributed by atoms with Crippen molar-refractivity contribution in [1.82, 2.24) is 15.1 Å². The molecule has 1 aromatic carbocycles. The van der Waals surface area contributed by atoms with Gasteiger partial charge in [-0.15, -0.1) is 0 Å². The Morgan fingerprint density at radius 3 is 2.59 bits per heavy atom. The zero-order valence-electron chi connectivity index (χ0n) is 14.6. The van der Waals surface area contributed by atoms with Crippen LogP contribution in [0.1, 0.15) is 22.2 Å². The maximum atomic E-state index is 13.6. The van der Waals surface area contributed by atoms with Crippen LogP contribution in [0.25, 0.3) is 0 Å². The van der Waals surface area contributed by atoms with Gasteiger partial charge in [0.15, 0.2) is 6.04 Å². The first-order chi connectivity index (χ1) is 13.7. The minimum Gasteiger partial charge on any atom is -0.467 e. The molecule has 0 aliphatic rings. The van der Waals surface area contributed by atoms with Crippen LogP contribution in [-0.4, -0.2) is 27.8 Å². The number of anilines is 1. The Labute approximate surface area is 161 Å². The van der Waals surface area contributed by atoms with Gasteiger partial charge in [0.25, 0.3) is 5.91 Å². The monoisotopic (exact) mass is 410 g/mol. The Bertz CT molecular complexity index is 999. The molecule has 0 fully saturated rings. The summed E-state index contributed by atoms with van der Waals surface area (Å²) in [5.41, 5.74) is -0.0473. The topological polar surface area (TPSA) is 89.2 Å². The highest BCUT2D eigenvalue weighted by atomic mass is 19.4. The highest BCUT2D eigenvalue weighted by molar-refractivity contribution is 6.04. The molecule has 0 saturated heterocycles. The summed E-state index contributed by atoms with van der Waals surface area (Å²) in [7, 11) is 0. The summed E-state index contributed by atoms with van der Waals surface area (Å²) >= 11 is 0. The largest absolute Gasteiger partial charge is 0.467 e. The zero-order valence-corrected chi connectivity index (χ0v) is 14.6. The Balaban J connectivity index is 1.63. The number of furan rings is 1. The number of hydrogen-bond donors (Lipinski definition) is 2. The van der Waals surface area contributed by atoms with Crippen molar-refractivity contribution in [3.8, 4) is 0 Å². The van der Waals surface area contributed by atoms with Gasteiger partial charge in [0.2, 0.25) is 5.91 Å². The van der Waals surface area contributed by atoms with Crippen molar-refractivity contribution in [2.45, 2.75) is 18.8 Å². The smallest absolute Gasteiger partial charge is 0.415 e. The first-order valence-electron chi connectivity index (χ1n) is 8.22. The molecule has 0 aliphatic heterocycles. The van der Waals surface area contributed by atoms with Crippen molar-refractivity contribution in [2.24, 2.45) is 0 Å². The summed E-state index contributed by atoms with van der Waals surface area (Å²) in [6.07, 6.45) is -1.28. The van der Waals surface area contributed by atoms with Crippen molar-refractivity contribution in [2.75, 3.05) is 5.32 Å². The number of aromatic nitrogens is 2. The van der Waals surface area contributed by atoms with E-state index in [-0.39, 0.29) is 11.3 Å². The second-order valence-electron chi connectivity index (χ2n) is 5.92. The fourth-order valence-electron chi connectivity index (χ4n) is 2.48. The van der Waals surface area contributed by atoms with Gasteiger partial charge in [-0.3, -0.25) is 14.3 Å². The third-order valence-corrected chi connectivity index (χ3v) is 3.78. The predicted molar refractivity (Wildman–Crippen MR) is 92.2 cm³/mol. The lowest BCUT2D eigenvalue weighted by Gasteiger charge is -2.19. The number of rotatable bonds is 6. The van der Waals surface area contributed by atoms with Crippen LogP contribution in [0.5, 0.6) is 0 Å². The Morgan fingerprint density at radius 2 is 1.93 bits per heavy atom. The third kappa shape index (κ3) is 5.00. The molecule has 7 nitrogen and oxygen atoms in total. The number of amides is 2. The molecule has 2 aromatic heterocycles. The van der Waals surface area contributed by atoms with Crippen LogP contribution in [0.4, 0.5) is 23.2 Å². The van der Waals surface area contributed by atoms with Crippen LogP contribution in [0.2, 0.25) is 0 Å². The fraction of sp³-hybridized carbons (Fsp3) is 0.167. The Hall–Kier alpha value is -3.63. The van der Waals surface area contributed by atoms with E-state index in [4.69, 9.17) is 4.42 Å². The molecule has 0 radical (unpaired) electrons. The normalized spacial score (nSPS) is 12.4. The number of carbonyl (C=O) groups is 2. The third-order valence-electron chi connectivity index (χ3n) is 3.78. The van der Waals surface area contributed by atoms with Crippen molar-refractivity contribution in [3.63, 3.8) is 0 Å². The van der Waals surface area contributed by atoms with E-state index in [2.05, 4.69) is 10.4 Å². The molecule has 152 valence electrons. The summed E-state index contributed by atoms with van der Waals surface area (Å²) in [6.45, 7) is -0.539. The Kier molecular flexibility index (Phi) is 5.66. The first kappa shape index (κ1) is 20.1. The lowest BCUT2D eigenvalue weighted by molar-refractivity contribution is -0.167. The number of halogens is 4. The predicted octanol–water partition coefficient (Wildman–Crippen LogP) is 3.29. The molecule has 3 aromatic rings. The maximum Gasteiger partial charge on any atom is 0.415 e. The van der Waals surface area contributed by atoms with Gasteiger partial charge in [0.1, 0.15) is 18.1 Å². The molecule has 0 saturated carbocycles. The molecule has 2 N–H and O–H groups in total. The number of hydrogen-bond acceptors (Lipinski definition) is 4. The quantitative estimate of drug-likeness (QED) is 0.611. The number of alkyl halides is 3. The van der Waals surface area contributed by atoms with E-state index in [0.717, 1.165) is 23.1 Å². The lowest BCUT2D eigenvalue weighted by Crippen LogP contribution is -2.39. The highest BCUT2D eigenvalue weighted by Gasteiger charge is 2.43. The second kappa shape index (κ2) is 8.17. The van der Waals surface area contributed by atoms with E-state index in [1.165, 1.54) is 36.7 Å². The summed E-state index contributed by atoms with van der Waals surface area (Å²) < 4.78 is 58.8. The standard InChI is InChI=1S/C18H14F4N4O3/c19-13-5-2-1-4-12(13)17(28)24-11-8-23-26(9-11)10-15(27)25-16(18(20,21)22)14-6-3-7-29-14/h1-9,16H,10H2,(H,24,28)(H,25,27). The minimum absolute atomic E-state index is 0.143. The molecule has 1 atom stereocenters. The van der Waals surface area contributed by atoms with Crippen molar-refractivity contribution >= 4 is 17.5 Å². The molecule has 2 heterocycles. The molecule has 0 bridgehead atoms. The average Bonchev–Trinajstić information content (AvgIpc) is 3.31. The average molecular weight is 410 g/mol. The SMILES string of the molecule is O=C(Cn1cc(NC(=O)c2ccccc2F)cn1)NC(c1ccco1)C(F)(F)F. The van der Waals surface area contributed by atoms with Crippen molar-refractivity contribution < 1.29 is 31.6 Å². The summed E-state index contributed by atoms with van der Waals surface area (Å²) in [6, 6.07) is 5.40. The molecule has 0 aliphatic carbocycles. The maximum absolute atomic E-state index is 13.6. The van der Waals surface area contributed by atoms with Gasteiger partial charge < -0.3 is 15.1 Å². The van der Waals surface area contributed by atoms with Gasteiger partial charge >= 0.3 is 6.18 Å². The summed E-state index contributed by atoms with van der Waals surface area (Å²) in [5, 5.41) is 8.03. The van der Waals surface area contributed by atoms with Gasteiger partial charge in [-0.05, 0) is 24.3 Å². The van der Waals surface area contributed by atoms with Crippen LogP contribution in [0.15, 0.2) is 59.5 Å². The van der Waals surface area contributed by atoms with Crippen LogP contribution in [0, 0.1) is 5.82 Å². The molecule has 3 rings (SSSR count). The van der Waals surface area contributed by atoms with Crippen molar-refractivity contribution in [1.29, 1.82) is 0 Å². The van der Waals surface area contributed by atoms with Gasteiger partial charge in [-0.1, -0.05) is 12.1 Å². The van der Waals surface area contributed by atoms with Gasteiger partial charge in [0, 0.05) is 6.20 Å². The number of benzene rings is 1. The van der Waals surface area contributed by atoms with Crippen LogP contribution >= 0.6 is 0 Å². The number of carbonyl (C=O) groups excluding carboxylic acids is 2. The molecule has 11 heteroatoms. The lowest BCUT2D eigenvalue weighted by atomic mass is 10.2. The molecule has 0 spiro atoms. The van der Waals surface area contributed by atoms with E-state index in [9.17, 15) is 27.2 Å². The van der Waals surface area contributed by atoms with Crippen molar-refractivity contribution in [3.05, 3.63) is 72.2 Å². The van der Waals surface area contributed by atoms with Gasteiger partial charge in [-0.2, -0.15) is 18.3 Å². The van der Waals surface area contributed by atoms with E-state index >= 15 is 0 Å². The summed E-state index contributed by atoms with van der Waals surface area (Å²) in [5.74, 6) is -2.88. The molecule has 29 heavy (non-hydrogen) atoms. The van der Waals surface area contributed by atoms with E-state index in [1.54, 1.807) is 0 Å². The van der Waals surface area contributed by atoms with Gasteiger partial charge in [0.05, 0.1) is 23.7 Å². The zero-order chi connectivity index (χ0) is 21.0. The number of nitrogens with zero attached hydrogens (tertiary/aromatic N) is 2. The van der Waals surface area contributed by atoms with E-state index < -0.39 is 42.2 Å². The number of nitrogens with one attached hydrogen (secondary N) is 2. The minimum atomic E-state index is -4.75.